The zero-order chi connectivity index (χ0) is 14.5. The van der Waals surface area contributed by atoms with Gasteiger partial charge in [0.2, 0.25) is 10.0 Å². The van der Waals surface area contributed by atoms with Crippen molar-refractivity contribution in [3.8, 4) is 0 Å². The minimum absolute atomic E-state index is 0.268. The van der Waals surface area contributed by atoms with E-state index in [4.69, 9.17) is 4.74 Å². The first-order valence-corrected chi connectivity index (χ1v) is 7.55. The number of sulfonamides is 1. The monoisotopic (exact) mass is 286 g/mol. The molecule has 0 aromatic heterocycles. The van der Waals surface area contributed by atoms with Crippen LogP contribution in [0.15, 0.2) is 29.2 Å². The second-order valence-corrected chi connectivity index (χ2v) is 6.78. The smallest absolute Gasteiger partial charge is 0.241 e. The average Bonchev–Trinajstić information content (AvgIpc) is 2.28. The molecule has 0 spiro atoms. The van der Waals surface area contributed by atoms with Crippen LogP contribution in [-0.4, -0.2) is 34.7 Å². The van der Waals surface area contributed by atoms with Gasteiger partial charge < -0.3 is 10.1 Å². The van der Waals surface area contributed by atoms with Crippen molar-refractivity contribution in [1.82, 2.24) is 10.0 Å². The van der Waals surface area contributed by atoms with Gasteiger partial charge in [0.15, 0.2) is 0 Å². The molecule has 19 heavy (non-hydrogen) atoms. The predicted octanol–water partition coefficient (Wildman–Crippen LogP) is 1.11. The lowest BCUT2D eigenvalue weighted by Gasteiger charge is -2.25. The summed E-state index contributed by atoms with van der Waals surface area (Å²) in [6.07, 6.45) is 0. The summed E-state index contributed by atoms with van der Waals surface area (Å²) < 4.78 is 32.2. The molecular formula is C13H22N2O3S. The van der Waals surface area contributed by atoms with Gasteiger partial charge in [-0.2, -0.15) is 0 Å². The molecule has 0 amide bonds. The molecule has 0 aliphatic carbocycles. The maximum atomic E-state index is 12.3. The van der Waals surface area contributed by atoms with Crippen LogP contribution in [0.2, 0.25) is 0 Å². The van der Waals surface area contributed by atoms with Gasteiger partial charge in [-0.25, -0.2) is 13.1 Å². The maximum Gasteiger partial charge on any atom is 0.241 e. The van der Waals surface area contributed by atoms with Gasteiger partial charge in [0.1, 0.15) is 0 Å². The average molecular weight is 286 g/mol. The van der Waals surface area contributed by atoms with E-state index in [9.17, 15) is 8.42 Å². The van der Waals surface area contributed by atoms with Crippen LogP contribution in [0, 0.1) is 0 Å². The lowest BCUT2D eigenvalue weighted by molar-refractivity contribution is 0.141. The van der Waals surface area contributed by atoms with E-state index in [1.165, 1.54) is 0 Å². The quantitative estimate of drug-likeness (QED) is 0.788. The van der Waals surface area contributed by atoms with Crippen molar-refractivity contribution >= 4 is 10.0 Å². The van der Waals surface area contributed by atoms with Crippen LogP contribution in [0.5, 0.6) is 0 Å². The Morgan fingerprint density at radius 1 is 1.32 bits per heavy atom. The molecule has 2 N–H and O–H groups in total. The highest BCUT2D eigenvalue weighted by Crippen LogP contribution is 2.15. The van der Waals surface area contributed by atoms with Crippen molar-refractivity contribution in [1.29, 1.82) is 0 Å². The SMILES string of the molecule is CNCc1cccc(S(=O)(=O)NC(C)(C)COC)c1. The largest absolute Gasteiger partial charge is 0.383 e. The number of methoxy groups -OCH3 is 1. The maximum absolute atomic E-state index is 12.3. The zero-order valence-electron chi connectivity index (χ0n) is 11.9. The molecule has 0 fully saturated rings. The Morgan fingerprint density at radius 2 is 2.00 bits per heavy atom. The summed E-state index contributed by atoms with van der Waals surface area (Å²) in [6.45, 7) is 4.50. The number of hydrogen-bond acceptors (Lipinski definition) is 4. The van der Waals surface area contributed by atoms with E-state index < -0.39 is 15.6 Å². The van der Waals surface area contributed by atoms with E-state index in [2.05, 4.69) is 10.0 Å². The Balaban J connectivity index is 2.97. The second-order valence-electron chi connectivity index (χ2n) is 5.10. The standard InChI is InChI=1S/C13H22N2O3S/c1-13(2,10-18-4)15-19(16,17)12-7-5-6-11(8-12)9-14-3/h5-8,14-15H,9-10H2,1-4H3. The fourth-order valence-electron chi connectivity index (χ4n) is 1.84. The van der Waals surface area contributed by atoms with E-state index in [-0.39, 0.29) is 4.90 Å². The van der Waals surface area contributed by atoms with Gasteiger partial charge in [0, 0.05) is 13.7 Å². The van der Waals surface area contributed by atoms with Gasteiger partial charge in [0.05, 0.1) is 17.0 Å². The Morgan fingerprint density at radius 3 is 2.58 bits per heavy atom. The molecular weight excluding hydrogens is 264 g/mol. The van der Waals surface area contributed by atoms with Crippen molar-refractivity contribution < 1.29 is 13.2 Å². The fraction of sp³-hybridized carbons (Fsp3) is 0.538. The van der Waals surface area contributed by atoms with Crippen molar-refractivity contribution in [3.05, 3.63) is 29.8 Å². The molecule has 0 bridgehead atoms. The van der Waals surface area contributed by atoms with Gasteiger partial charge in [-0.15, -0.1) is 0 Å². The van der Waals surface area contributed by atoms with E-state index in [0.717, 1.165) is 5.56 Å². The van der Waals surface area contributed by atoms with Crippen molar-refractivity contribution in [3.63, 3.8) is 0 Å². The molecule has 6 heteroatoms. The Bertz CT molecular complexity index is 512. The third-order valence-corrected chi connectivity index (χ3v) is 4.20. The molecule has 0 saturated carbocycles. The normalized spacial score (nSPS) is 12.6. The van der Waals surface area contributed by atoms with E-state index in [1.54, 1.807) is 39.2 Å². The molecule has 1 aromatic rings. The third kappa shape index (κ3) is 4.91. The molecule has 108 valence electrons. The Labute approximate surface area is 115 Å². The summed E-state index contributed by atoms with van der Waals surface area (Å²) in [6, 6.07) is 6.88. The van der Waals surface area contributed by atoms with Gasteiger partial charge >= 0.3 is 0 Å². The summed E-state index contributed by atoms with van der Waals surface area (Å²) in [4.78, 5) is 0.268. The lowest BCUT2D eigenvalue weighted by atomic mass is 10.1. The molecule has 0 unspecified atom stereocenters. The highest BCUT2D eigenvalue weighted by molar-refractivity contribution is 7.89. The van der Waals surface area contributed by atoms with Crippen LogP contribution >= 0.6 is 0 Å². The van der Waals surface area contributed by atoms with Gasteiger partial charge in [-0.05, 0) is 38.6 Å². The van der Waals surface area contributed by atoms with E-state index in [1.807, 2.05) is 13.1 Å². The minimum Gasteiger partial charge on any atom is -0.383 e. The number of hydrogen-bond donors (Lipinski definition) is 2. The van der Waals surface area contributed by atoms with Gasteiger partial charge in [-0.1, -0.05) is 12.1 Å². The number of benzene rings is 1. The van der Waals surface area contributed by atoms with Crippen LogP contribution in [-0.2, 0) is 21.3 Å². The topological polar surface area (TPSA) is 67.4 Å². The summed E-state index contributed by atoms with van der Waals surface area (Å²) in [5.74, 6) is 0. The molecule has 0 aliphatic rings. The highest BCUT2D eigenvalue weighted by Gasteiger charge is 2.26. The third-order valence-electron chi connectivity index (χ3n) is 2.51. The number of rotatable bonds is 7. The molecule has 0 heterocycles. The van der Waals surface area contributed by atoms with Crippen molar-refractivity contribution in [2.45, 2.75) is 30.8 Å². The van der Waals surface area contributed by atoms with E-state index >= 15 is 0 Å². The highest BCUT2D eigenvalue weighted by atomic mass is 32.2. The van der Waals surface area contributed by atoms with Crippen LogP contribution in [0.1, 0.15) is 19.4 Å². The summed E-state index contributed by atoms with van der Waals surface area (Å²) >= 11 is 0. The first-order valence-electron chi connectivity index (χ1n) is 6.07. The van der Waals surface area contributed by atoms with Crippen LogP contribution in [0.25, 0.3) is 0 Å². The van der Waals surface area contributed by atoms with Crippen LogP contribution < -0.4 is 10.0 Å². The van der Waals surface area contributed by atoms with Gasteiger partial charge in [-0.3, -0.25) is 0 Å². The number of ether oxygens (including phenoxy) is 1. The lowest BCUT2D eigenvalue weighted by Crippen LogP contribution is -2.46. The molecule has 0 aliphatic heterocycles. The van der Waals surface area contributed by atoms with E-state index in [0.29, 0.717) is 13.2 Å². The second kappa shape index (κ2) is 6.47. The predicted molar refractivity (Wildman–Crippen MR) is 75.5 cm³/mol. The fourth-order valence-corrected chi connectivity index (χ4v) is 3.31. The van der Waals surface area contributed by atoms with Gasteiger partial charge in [0.25, 0.3) is 0 Å². The molecule has 1 aromatic carbocycles. The summed E-state index contributed by atoms with van der Waals surface area (Å²) in [7, 11) is -0.173. The van der Waals surface area contributed by atoms with Crippen LogP contribution in [0.4, 0.5) is 0 Å². The molecule has 0 radical (unpaired) electrons. The molecule has 1 rings (SSSR count). The summed E-state index contributed by atoms with van der Waals surface area (Å²) in [5, 5.41) is 3.00. The molecule has 5 nitrogen and oxygen atoms in total. The van der Waals surface area contributed by atoms with Crippen molar-refractivity contribution in [2.75, 3.05) is 20.8 Å². The number of nitrogens with one attached hydrogen (secondary N) is 2. The molecule has 0 atom stereocenters. The minimum atomic E-state index is -3.54. The summed E-state index contributed by atoms with van der Waals surface area (Å²) in [5.41, 5.74) is 0.280. The first kappa shape index (κ1) is 16.1. The van der Waals surface area contributed by atoms with Crippen molar-refractivity contribution in [2.24, 2.45) is 0 Å². The zero-order valence-corrected chi connectivity index (χ0v) is 12.7. The van der Waals surface area contributed by atoms with Crippen LogP contribution in [0.3, 0.4) is 0 Å². The molecule has 0 saturated heterocycles. The first-order chi connectivity index (χ1) is 8.80. The Hall–Kier alpha value is -0.950. The Kier molecular flexibility index (Phi) is 5.49.